The molecule has 6 rings (SSSR count). The van der Waals surface area contributed by atoms with Gasteiger partial charge in [0.05, 0.1) is 21.5 Å². The Balaban J connectivity index is 1.35. The SMILES string of the molecule is Cc1ccc(S(=O)(=O)c2nc(-c3ccccc3Cl)oc2N2CCN(C(c3ccccc3)c3ccccc3)CC2)cc1. The number of nitrogens with zero attached hydrogens (tertiary/aromatic N) is 3. The first kappa shape index (κ1) is 27.3. The lowest BCUT2D eigenvalue weighted by atomic mass is 9.96. The second-order valence-electron chi connectivity index (χ2n) is 10.2. The maximum absolute atomic E-state index is 13.9. The van der Waals surface area contributed by atoms with Crippen LogP contribution in [-0.2, 0) is 9.84 Å². The number of aryl methyl sites for hydroxylation is 1. The molecule has 1 saturated heterocycles. The molecule has 1 aliphatic rings. The van der Waals surface area contributed by atoms with Gasteiger partial charge < -0.3 is 9.32 Å². The molecule has 1 aromatic heterocycles. The van der Waals surface area contributed by atoms with Crippen LogP contribution in [0, 0.1) is 6.92 Å². The molecule has 0 bridgehead atoms. The molecule has 208 valence electrons. The summed E-state index contributed by atoms with van der Waals surface area (Å²) < 4.78 is 34.0. The van der Waals surface area contributed by atoms with Gasteiger partial charge in [0.2, 0.25) is 26.6 Å². The van der Waals surface area contributed by atoms with Gasteiger partial charge in [-0.1, -0.05) is 102 Å². The molecule has 1 fully saturated rings. The lowest BCUT2D eigenvalue weighted by molar-refractivity contribution is 0.209. The van der Waals surface area contributed by atoms with E-state index in [1.54, 1.807) is 36.4 Å². The predicted octanol–water partition coefficient (Wildman–Crippen LogP) is 7.05. The van der Waals surface area contributed by atoms with Crippen LogP contribution in [0.4, 0.5) is 5.88 Å². The van der Waals surface area contributed by atoms with Crippen molar-refractivity contribution in [1.29, 1.82) is 0 Å². The molecule has 0 amide bonds. The molecule has 6 nitrogen and oxygen atoms in total. The molecule has 41 heavy (non-hydrogen) atoms. The van der Waals surface area contributed by atoms with Gasteiger partial charge in [0.1, 0.15) is 0 Å². The Labute approximate surface area is 245 Å². The van der Waals surface area contributed by atoms with Gasteiger partial charge in [0.25, 0.3) is 0 Å². The molecule has 1 aliphatic heterocycles. The first-order chi connectivity index (χ1) is 19.9. The molecular formula is C33H30ClN3O3S. The Kier molecular flexibility index (Phi) is 7.67. The molecule has 4 aromatic carbocycles. The van der Waals surface area contributed by atoms with Crippen molar-refractivity contribution in [2.75, 3.05) is 31.1 Å². The van der Waals surface area contributed by atoms with Crippen molar-refractivity contribution >= 4 is 27.3 Å². The highest BCUT2D eigenvalue weighted by atomic mass is 35.5. The highest BCUT2D eigenvalue weighted by molar-refractivity contribution is 7.91. The van der Waals surface area contributed by atoms with Crippen LogP contribution in [0.15, 0.2) is 124 Å². The van der Waals surface area contributed by atoms with Crippen molar-refractivity contribution in [1.82, 2.24) is 9.88 Å². The lowest BCUT2D eigenvalue weighted by Gasteiger charge is -2.39. The molecule has 0 spiro atoms. The summed E-state index contributed by atoms with van der Waals surface area (Å²) in [5.41, 5.74) is 3.96. The number of rotatable bonds is 7. The van der Waals surface area contributed by atoms with Gasteiger partial charge in [-0.3, -0.25) is 4.90 Å². The van der Waals surface area contributed by atoms with E-state index in [2.05, 4.69) is 58.4 Å². The number of benzene rings is 4. The minimum Gasteiger partial charge on any atom is -0.419 e. The van der Waals surface area contributed by atoms with Gasteiger partial charge >= 0.3 is 0 Å². The van der Waals surface area contributed by atoms with Crippen LogP contribution in [0.25, 0.3) is 11.5 Å². The number of sulfone groups is 1. The average molecular weight is 584 g/mol. The van der Waals surface area contributed by atoms with E-state index in [0.717, 1.165) is 5.56 Å². The van der Waals surface area contributed by atoms with Gasteiger partial charge in [0, 0.05) is 26.2 Å². The summed E-state index contributed by atoms with van der Waals surface area (Å²) >= 11 is 6.46. The number of oxazole rings is 1. The Bertz CT molecular complexity index is 1690. The molecule has 5 aromatic rings. The zero-order chi connectivity index (χ0) is 28.4. The van der Waals surface area contributed by atoms with E-state index in [0.29, 0.717) is 36.8 Å². The fourth-order valence-electron chi connectivity index (χ4n) is 5.32. The molecule has 0 saturated carbocycles. The van der Waals surface area contributed by atoms with Crippen LogP contribution >= 0.6 is 11.6 Å². The van der Waals surface area contributed by atoms with Crippen molar-refractivity contribution in [3.8, 4) is 11.5 Å². The summed E-state index contributed by atoms with van der Waals surface area (Å²) in [4.78, 5) is 9.13. The number of hydrogen-bond donors (Lipinski definition) is 0. The normalized spacial score (nSPS) is 14.5. The molecule has 0 aliphatic carbocycles. The fraction of sp³-hybridized carbons (Fsp3) is 0.182. The quantitative estimate of drug-likeness (QED) is 0.205. The number of piperazine rings is 1. The maximum Gasteiger partial charge on any atom is 0.236 e. The molecule has 2 heterocycles. The van der Waals surface area contributed by atoms with Crippen molar-refractivity contribution in [2.45, 2.75) is 22.9 Å². The van der Waals surface area contributed by atoms with E-state index in [1.807, 2.05) is 36.1 Å². The summed E-state index contributed by atoms with van der Waals surface area (Å²) in [5.74, 6) is 0.432. The minimum absolute atomic E-state index is 0.0868. The van der Waals surface area contributed by atoms with Crippen molar-refractivity contribution in [3.05, 3.63) is 131 Å². The Morgan fingerprint density at radius 2 is 1.32 bits per heavy atom. The van der Waals surface area contributed by atoms with Crippen LogP contribution < -0.4 is 4.90 Å². The monoisotopic (exact) mass is 583 g/mol. The minimum atomic E-state index is -3.95. The number of hydrogen-bond acceptors (Lipinski definition) is 6. The van der Waals surface area contributed by atoms with Crippen LogP contribution in [0.1, 0.15) is 22.7 Å². The van der Waals surface area contributed by atoms with E-state index >= 15 is 0 Å². The van der Waals surface area contributed by atoms with E-state index in [1.165, 1.54) is 11.1 Å². The van der Waals surface area contributed by atoms with Crippen molar-refractivity contribution in [2.24, 2.45) is 0 Å². The van der Waals surface area contributed by atoms with E-state index in [4.69, 9.17) is 16.0 Å². The number of anilines is 1. The summed E-state index contributed by atoms with van der Waals surface area (Å²) in [6, 6.07) is 35.0. The lowest BCUT2D eigenvalue weighted by Crippen LogP contribution is -2.48. The van der Waals surface area contributed by atoms with Gasteiger partial charge in [-0.15, -0.1) is 0 Å². The zero-order valence-corrected chi connectivity index (χ0v) is 24.2. The summed E-state index contributed by atoms with van der Waals surface area (Å²) in [6.07, 6.45) is 0. The van der Waals surface area contributed by atoms with E-state index in [-0.39, 0.29) is 27.7 Å². The van der Waals surface area contributed by atoms with Gasteiger partial charge in [-0.2, -0.15) is 4.98 Å². The smallest absolute Gasteiger partial charge is 0.236 e. The molecule has 0 radical (unpaired) electrons. The summed E-state index contributed by atoms with van der Waals surface area (Å²) in [6.45, 7) is 4.49. The first-order valence-electron chi connectivity index (χ1n) is 13.6. The summed E-state index contributed by atoms with van der Waals surface area (Å²) in [7, 11) is -3.95. The average Bonchev–Trinajstić information content (AvgIpc) is 3.46. The van der Waals surface area contributed by atoms with Gasteiger partial charge in [-0.25, -0.2) is 8.42 Å². The second-order valence-corrected chi connectivity index (χ2v) is 12.4. The number of aromatic nitrogens is 1. The van der Waals surface area contributed by atoms with Crippen LogP contribution in [0.5, 0.6) is 0 Å². The van der Waals surface area contributed by atoms with Crippen molar-refractivity contribution < 1.29 is 12.8 Å². The Morgan fingerprint density at radius 3 is 1.90 bits per heavy atom. The van der Waals surface area contributed by atoms with Crippen LogP contribution in [-0.4, -0.2) is 44.5 Å². The fourth-order valence-corrected chi connectivity index (χ4v) is 6.86. The van der Waals surface area contributed by atoms with Gasteiger partial charge in [0.15, 0.2) is 0 Å². The molecule has 8 heteroatoms. The molecular weight excluding hydrogens is 554 g/mol. The highest BCUT2D eigenvalue weighted by Gasteiger charge is 2.34. The largest absolute Gasteiger partial charge is 0.419 e. The third-order valence-electron chi connectivity index (χ3n) is 7.47. The number of halogens is 1. The third kappa shape index (κ3) is 5.53. The molecule has 0 unspecified atom stereocenters. The van der Waals surface area contributed by atoms with Crippen LogP contribution in [0.3, 0.4) is 0 Å². The third-order valence-corrected chi connectivity index (χ3v) is 9.46. The molecule has 0 N–H and O–H groups in total. The van der Waals surface area contributed by atoms with E-state index < -0.39 is 9.84 Å². The first-order valence-corrected chi connectivity index (χ1v) is 15.4. The standard InChI is InChI=1S/C33H30ClN3O3S/c1-24-16-18-27(19-17-24)41(38,39)32-33(40-31(35-32)28-14-8-9-15-29(28)34)37-22-20-36(21-23-37)30(25-10-4-2-5-11-25)26-12-6-3-7-13-26/h2-19,30H,20-23H2,1H3. The van der Waals surface area contributed by atoms with Gasteiger partial charge in [-0.05, 0) is 42.3 Å². The van der Waals surface area contributed by atoms with Crippen LogP contribution in [0.2, 0.25) is 5.02 Å². The zero-order valence-electron chi connectivity index (χ0n) is 22.7. The van der Waals surface area contributed by atoms with Crippen molar-refractivity contribution in [3.63, 3.8) is 0 Å². The maximum atomic E-state index is 13.9. The Hall–Kier alpha value is -3.91. The molecule has 0 atom stereocenters. The summed E-state index contributed by atoms with van der Waals surface area (Å²) in [5, 5.41) is 0.352. The second kappa shape index (κ2) is 11.5. The predicted molar refractivity (Wildman–Crippen MR) is 162 cm³/mol. The topological polar surface area (TPSA) is 66.7 Å². The Morgan fingerprint density at radius 1 is 0.756 bits per heavy atom. The van der Waals surface area contributed by atoms with E-state index in [9.17, 15) is 8.42 Å². The highest BCUT2D eigenvalue weighted by Crippen LogP contribution is 2.38.